The van der Waals surface area contributed by atoms with E-state index in [1.807, 2.05) is 36.4 Å². The van der Waals surface area contributed by atoms with Gasteiger partial charge in [0, 0.05) is 10.9 Å². The minimum Gasteiger partial charge on any atom is -0.395 e. The highest BCUT2D eigenvalue weighted by molar-refractivity contribution is 7.10. The molecule has 0 radical (unpaired) electrons. The molecule has 2 atom stereocenters. The number of carbonyl (C=O) groups is 1. The molecule has 5 heteroatoms. The molecule has 1 amide bonds. The van der Waals surface area contributed by atoms with Gasteiger partial charge in [-0.05, 0) is 43.0 Å². The Bertz CT molecular complexity index is 625. The van der Waals surface area contributed by atoms with Gasteiger partial charge in [0.25, 0.3) is 0 Å². The lowest BCUT2D eigenvalue weighted by molar-refractivity contribution is -0.123. The smallest absolute Gasteiger partial charge is 0.234 e. The first kappa shape index (κ1) is 18.6. The zero-order chi connectivity index (χ0) is 17.5. The molecule has 0 aliphatic carbocycles. The monoisotopic (exact) mass is 346 g/mol. The predicted octanol–water partition coefficient (Wildman–Crippen LogP) is 2.83. The molecule has 2 unspecified atom stereocenters. The zero-order valence-electron chi connectivity index (χ0n) is 14.5. The molecule has 0 bridgehead atoms. The maximum absolute atomic E-state index is 12.4. The summed E-state index contributed by atoms with van der Waals surface area (Å²) in [7, 11) is 1.84. The fourth-order valence-electron chi connectivity index (χ4n) is 2.45. The highest BCUT2D eigenvalue weighted by Gasteiger charge is 2.20. The molecule has 4 nitrogen and oxygen atoms in total. The Labute approximate surface area is 148 Å². The summed E-state index contributed by atoms with van der Waals surface area (Å²) in [6.07, 6.45) is 1.00. The van der Waals surface area contributed by atoms with Crippen molar-refractivity contribution in [2.45, 2.75) is 32.4 Å². The fourth-order valence-corrected chi connectivity index (χ4v) is 3.25. The van der Waals surface area contributed by atoms with Gasteiger partial charge in [-0.1, -0.05) is 37.3 Å². The maximum Gasteiger partial charge on any atom is 0.234 e. The number of aliphatic hydroxyl groups excluding tert-OH is 1. The average Bonchev–Trinajstić information content (AvgIpc) is 3.13. The second-order valence-corrected chi connectivity index (χ2v) is 7.04. The molecule has 0 aliphatic rings. The summed E-state index contributed by atoms with van der Waals surface area (Å²) in [5.74, 6) is -0.0456. The number of carbonyl (C=O) groups excluding carboxylic acids is 1. The SMILES string of the molecule is CCc1ccc(C(NC(=O)CN(C)C(C)CO)c2cccs2)cc1. The van der Waals surface area contributed by atoms with Crippen LogP contribution in [0.15, 0.2) is 41.8 Å². The first-order chi connectivity index (χ1) is 11.5. The van der Waals surface area contributed by atoms with Crippen molar-refractivity contribution in [2.75, 3.05) is 20.2 Å². The molecule has 2 N–H and O–H groups in total. The topological polar surface area (TPSA) is 52.6 Å². The van der Waals surface area contributed by atoms with Gasteiger partial charge in [-0.3, -0.25) is 9.69 Å². The summed E-state index contributed by atoms with van der Waals surface area (Å²) in [6, 6.07) is 12.3. The lowest BCUT2D eigenvalue weighted by atomic mass is 10.0. The van der Waals surface area contributed by atoms with Gasteiger partial charge in [0.15, 0.2) is 0 Å². The van der Waals surface area contributed by atoms with Gasteiger partial charge in [-0.2, -0.15) is 0 Å². The molecule has 2 aromatic rings. The second-order valence-electron chi connectivity index (χ2n) is 6.06. The van der Waals surface area contributed by atoms with Crippen LogP contribution in [0.1, 0.15) is 35.9 Å². The Morgan fingerprint density at radius 1 is 1.29 bits per heavy atom. The number of hydrogen-bond acceptors (Lipinski definition) is 4. The van der Waals surface area contributed by atoms with E-state index in [0.29, 0.717) is 0 Å². The van der Waals surface area contributed by atoms with E-state index < -0.39 is 0 Å². The molecule has 1 aromatic heterocycles. The van der Waals surface area contributed by atoms with Crippen LogP contribution < -0.4 is 5.32 Å². The van der Waals surface area contributed by atoms with Crippen molar-refractivity contribution in [3.8, 4) is 0 Å². The van der Waals surface area contributed by atoms with Gasteiger partial charge in [-0.15, -0.1) is 11.3 Å². The molecule has 0 saturated heterocycles. The Morgan fingerprint density at radius 2 is 2.00 bits per heavy atom. The molecule has 0 saturated carbocycles. The molecule has 0 spiro atoms. The van der Waals surface area contributed by atoms with Crippen LogP contribution in [0.3, 0.4) is 0 Å². The van der Waals surface area contributed by atoms with E-state index in [-0.39, 0.29) is 31.1 Å². The summed E-state index contributed by atoms with van der Waals surface area (Å²) in [6.45, 7) is 4.33. The lowest BCUT2D eigenvalue weighted by Crippen LogP contribution is -2.42. The summed E-state index contributed by atoms with van der Waals surface area (Å²) < 4.78 is 0. The van der Waals surface area contributed by atoms with Crippen LogP contribution in [-0.2, 0) is 11.2 Å². The molecule has 0 fully saturated rings. The van der Waals surface area contributed by atoms with Crippen molar-refractivity contribution in [2.24, 2.45) is 0 Å². The summed E-state index contributed by atoms with van der Waals surface area (Å²) >= 11 is 1.64. The Hall–Kier alpha value is -1.69. The second kappa shape index (κ2) is 8.97. The van der Waals surface area contributed by atoms with E-state index in [2.05, 4.69) is 36.5 Å². The minimum absolute atomic E-state index is 0.0383. The van der Waals surface area contributed by atoms with E-state index in [1.54, 1.807) is 11.3 Å². The van der Waals surface area contributed by atoms with Crippen LogP contribution >= 0.6 is 11.3 Å². The molecular formula is C19H26N2O2S. The summed E-state index contributed by atoms with van der Waals surface area (Å²) in [5, 5.41) is 14.4. The van der Waals surface area contributed by atoms with Crippen LogP contribution in [-0.4, -0.2) is 42.2 Å². The molecular weight excluding hydrogens is 320 g/mol. The third-order valence-corrected chi connectivity index (χ3v) is 5.20. The number of benzene rings is 1. The van der Waals surface area contributed by atoms with Crippen molar-refractivity contribution in [1.29, 1.82) is 0 Å². The Morgan fingerprint density at radius 3 is 2.54 bits per heavy atom. The average molecular weight is 346 g/mol. The molecule has 24 heavy (non-hydrogen) atoms. The van der Waals surface area contributed by atoms with Gasteiger partial charge in [0.1, 0.15) is 0 Å². The molecule has 1 aromatic carbocycles. The number of nitrogens with zero attached hydrogens (tertiary/aromatic N) is 1. The van der Waals surface area contributed by atoms with Crippen molar-refractivity contribution in [3.63, 3.8) is 0 Å². The van der Waals surface area contributed by atoms with Crippen LogP contribution in [0.5, 0.6) is 0 Å². The van der Waals surface area contributed by atoms with Crippen LogP contribution in [0, 0.1) is 0 Å². The number of nitrogens with one attached hydrogen (secondary N) is 1. The van der Waals surface area contributed by atoms with E-state index >= 15 is 0 Å². The van der Waals surface area contributed by atoms with Crippen LogP contribution in [0.25, 0.3) is 0 Å². The maximum atomic E-state index is 12.4. The summed E-state index contributed by atoms with van der Waals surface area (Å²) in [5.41, 5.74) is 2.37. The van der Waals surface area contributed by atoms with Crippen molar-refractivity contribution in [3.05, 3.63) is 57.8 Å². The van der Waals surface area contributed by atoms with Crippen molar-refractivity contribution >= 4 is 17.2 Å². The first-order valence-electron chi connectivity index (χ1n) is 8.27. The third-order valence-electron chi connectivity index (χ3n) is 4.26. The largest absolute Gasteiger partial charge is 0.395 e. The van der Waals surface area contributed by atoms with Gasteiger partial charge in [0.2, 0.25) is 5.91 Å². The van der Waals surface area contributed by atoms with Crippen molar-refractivity contribution in [1.82, 2.24) is 10.2 Å². The third kappa shape index (κ3) is 4.90. The number of aliphatic hydroxyl groups is 1. The fraction of sp³-hybridized carbons (Fsp3) is 0.421. The number of aryl methyl sites for hydroxylation is 1. The standard InChI is InChI=1S/C19H26N2O2S/c1-4-15-7-9-16(10-8-15)19(17-6-5-11-24-17)20-18(23)12-21(3)14(2)13-22/h5-11,14,19,22H,4,12-13H2,1-3H3,(H,20,23). The molecule has 130 valence electrons. The normalized spacial score (nSPS) is 13.7. The highest BCUT2D eigenvalue weighted by Crippen LogP contribution is 2.26. The lowest BCUT2D eigenvalue weighted by Gasteiger charge is -2.24. The van der Waals surface area contributed by atoms with Crippen molar-refractivity contribution < 1.29 is 9.90 Å². The highest BCUT2D eigenvalue weighted by atomic mass is 32.1. The van der Waals surface area contributed by atoms with Gasteiger partial charge in [-0.25, -0.2) is 0 Å². The van der Waals surface area contributed by atoms with E-state index in [0.717, 1.165) is 16.9 Å². The molecule has 1 heterocycles. The minimum atomic E-state index is -0.138. The Kier molecular flexibility index (Phi) is 6.97. The quantitative estimate of drug-likeness (QED) is 0.773. The number of likely N-dealkylation sites (N-methyl/N-ethyl adjacent to an activating group) is 1. The van der Waals surface area contributed by atoms with Crippen LogP contribution in [0.4, 0.5) is 0 Å². The van der Waals surface area contributed by atoms with E-state index in [4.69, 9.17) is 0 Å². The molecule has 2 rings (SSSR count). The number of thiophene rings is 1. The van der Waals surface area contributed by atoms with Crippen LogP contribution in [0.2, 0.25) is 0 Å². The number of amides is 1. The number of hydrogen-bond donors (Lipinski definition) is 2. The number of rotatable bonds is 8. The summed E-state index contributed by atoms with van der Waals surface area (Å²) in [4.78, 5) is 15.4. The predicted molar refractivity (Wildman–Crippen MR) is 99.3 cm³/mol. The van der Waals surface area contributed by atoms with Gasteiger partial charge in [0.05, 0.1) is 19.2 Å². The van der Waals surface area contributed by atoms with Gasteiger partial charge < -0.3 is 10.4 Å². The molecule has 0 aliphatic heterocycles. The zero-order valence-corrected chi connectivity index (χ0v) is 15.3. The first-order valence-corrected chi connectivity index (χ1v) is 9.15. The van der Waals surface area contributed by atoms with E-state index in [1.165, 1.54) is 5.56 Å². The van der Waals surface area contributed by atoms with E-state index in [9.17, 15) is 9.90 Å². The Balaban J connectivity index is 2.13. The van der Waals surface area contributed by atoms with Gasteiger partial charge >= 0.3 is 0 Å².